The number of hydrogen-bond donors (Lipinski definition) is 2. The number of nitrogens with one attached hydrogen (secondary N) is 1. The topological polar surface area (TPSA) is 92.3 Å². The number of carbonyl (C=O) groups is 2. The highest BCUT2D eigenvalue weighted by molar-refractivity contribution is 6.08. The number of aryl methyl sites for hydroxylation is 1. The molecule has 0 saturated carbocycles. The summed E-state index contributed by atoms with van der Waals surface area (Å²) >= 11 is 0. The number of benzene rings is 2. The van der Waals surface area contributed by atoms with E-state index < -0.39 is 5.97 Å². The number of carboxylic acids is 1. The van der Waals surface area contributed by atoms with Crippen molar-refractivity contribution in [1.29, 1.82) is 0 Å². The average Bonchev–Trinajstić information content (AvgIpc) is 3.11. The fourth-order valence-electron chi connectivity index (χ4n) is 3.31. The first kappa shape index (κ1) is 20.1. The number of aromatic nitrogens is 2. The summed E-state index contributed by atoms with van der Waals surface area (Å²) in [6.45, 7) is 2.28. The number of nitrogens with zero attached hydrogens (tertiary/aromatic N) is 1. The molecule has 6 nitrogen and oxygen atoms in total. The second-order valence-electron chi connectivity index (χ2n) is 7.10. The van der Waals surface area contributed by atoms with Gasteiger partial charge in [0.15, 0.2) is 5.78 Å². The largest absolute Gasteiger partial charge is 0.489 e. The Morgan fingerprint density at radius 2 is 1.77 bits per heavy atom. The van der Waals surface area contributed by atoms with Crippen molar-refractivity contribution in [1.82, 2.24) is 9.97 Å². The predicted molar refractivity (Wildman–Crippen MR) is 118 cm³/mol. The molecule has 0 aliphatic rings. The molecule has 0 saturated heterocycles. The average molecular weight is 412 g/mol. The molecule has 0 amide bonds. The van der Waals surface area contributed by atoms with E-state index in [9.17, 15) is 9.59 Å². The Bertz CT molecular complexity index is 1270. The molecule has 0 spiro atoms. The predicted octanol–water partition coefficient (Wildman–Crippen LogP) is 5.04. The zero-order valence-electron chi connectivity index (χ0n) is 16.8. The molecular weight excluding hydrogens is 392 g/mol. The van der Waals surface area contributed by atoms with Crippen LogP contribution in [0, 0.1) is 6.92 Å². The van der Waals surface area contributed by atoms with Crippen LogP contribution in [0.15, 0.2) is 73.1 Å². The number of hydrogen-bond acceptors (Lipinski definition) is 4. The van der Waals surface area contributed by atoms with Crippen molar-refractivity contribution in [3.8, 4) is 5.75 Å². The van der Waals surface area contributed by atoms with Crippen molar-refractivity contribution in [3.05, 3.63) is 101 Å². The summed E-state index contributed by atoms with van der Waals surface area (Å²) in [5, 5.41) is 9.95. The molecule has 0 aliphatic heterocycles. The highest BCUT2D eigenvalue weighted by Gasteiger charge is 2.09. The van der Waals surface area contributed by atoms with Crippen molar-refractivity contribution >= 4 is 28.7 Å². The molecule has 0 aliphatic carbocycles. The molecule has 2 heterocycles. The number of aromatic carboxylic acids is 1. The molecule has 154 valence electrons. The Morgan fingerprint density at radius 1 is 1.03 bits per heavy atom. The Hall–Kier alpha value is -4.19. The standard InChI is InChI=1S/C25H20N2O4/c1-16-21(7-9-24(28)18-10-12-26-13-11-18)22-14-20(6-8-23(22)27-16)31-15-17-2-4-19(5-3-17)25(29)30/h2-14,27H,15H2,1H3,(H,29,30)/b9-7+. The minimum Gasteiger partial charge on any atom is -0.489 e. The smallest absolute Gasteiger partial charge is 0.335 e. The van der Waals surface area contributed by atoms with Gasteiger partial charge in [-0.1, -0.05) is 12.1 Å². The molecule has 4 rings (SSSR count). The molecular formula is C25H20N2O4. The lowest BCUT2D eigenvalue weighted by atomic mass is 10.1. The number of H-pyrrole nitrogens is 1. The van der Waals surface area contributed by atoms with Crippen LogP contribution in [0.3, 0.4) is 0 Å². The van der Waals surface area contributed by atoms with E-state index in [0.29, 0.717) is 17.9 Å². The van der Waals surface area contributed by atoms with Gasteiger partial charge in [0.05, 0.1) is 5.56 Å². The quantitative estimate of drug-likeness (QED) is 0.328. The Kier molecular flexibility index (Phi) is 5.62. The molecule has 2 aromatic carbocycles. The minimum atomic E-state index is -0.955. The van der Waals surface area contributed by atoms with Gasteiger partial charge in [-0.05, 0) is 67.1 Å². The van der Waals surface area contributed by atoms with E-state index >= 15 is 0 Å². The summed E-state index contributed by atoms with van der Waals surface area (Å²) in [6, 6.07) is 15.7. The Labute approximate surface area is 178 Å². The molecule has 0 atom stereocenters. The molecule has 2 aromatic heterocycles. The van der Waals surface area contributed by atoms with Gasteiger partial charge in [-0.15, -0.1) is 0 Å². The second-order valence-corrected chi connectivity index (χ2v) is 7.10. The van der Waals surface area contributed by atoms with Crippen molar-refractivity contribution in [2.45, 2.75) is 13.5 Å². The minimum absolute atomic E-state index is 0.0895. The van der Waals surface area contributed by atoms with Crippen LogP contribution in [0.2, 0.25) is 0 Å². The van der Waals surface area contributed by atoms with Crippen LogP contribution in [0.1, 0.15) is 37.5 Å². The second kappa shape index (κ2) is 8.67. The van der Waals surface area contributed by atoms with Gasteiger partial charge in [-0.25, -0.2) is 4.79 Å². The fraction of sp³-hybridized carbons (Fsp3) is 0.0800. The normalized spacial score (nSPS) is 11.1. The molecule has 0 radical (unpaired) electrons. The van der Waals surface area contributed by atoms with Gasteiger partial charge >= 0.3 is 5.97 Å². The molecule has 0 unspecified atom stereocenters. The third kappa shape index (κ3) is 4.53. The van der Waals surface area contributed by atoms with Crippen molar-refractivity contribution < 1.29 is 19.4 Å². The summed E-state index contributed by atoms with van der Waals surface area (Å²) in [4.78, 5) is 30.6. The third-order valence-corrected chi connectivity index (χ3v) is 4.98. The summed E-state index contributed by atoms with van der Waals surface area (Å²) in [5.74, 6) is -0.360. The maximum absolute atomic E-state index is 12.4. The number of aromatic amines is 1. The van der Waals surface area contributed by atoms with Gasteiger partial charge < -0.3 is 14.8 Å². The SMILES string of the molecule is Cc1[nH]c2ccc(OCc3ccc(C(=O)O)cc3)cc2c1/C=C/C(=O)c1ccncc1. The van der Waals surface area contributed by atoms with Crippen molar-refractivity contribution in [3.63, 3.8) is 0 Å². The number of allylic oxidation sites excluding steroid dienone is 1. The summed E-state index contributed by atoms with van der Waals surface area (Å²) in [5.41, 5.74) is 4.53. The molecule has 2 N–H and O–H groups in total. The van der Waals surface area contributed by atoms with Gasteiger partial charge in [0.1, 0.15) is 12.4 Å². The first-order chi connectivity index (χ1) is 15.0. The maximum atomic E-state index is 12.4. The van der Waals surface area contributed by atoms with Crippen LogP contribution in [0.25, 0.3) is 17.0 Å². The Balaban J connectivity index is 1.53. The number of ether oxygens (including phenoxy) is 1. The van der Waals surface area contributed by atoms with Gasteiger partial charge in [0.25, 0.3) is 0 Å². The monoisotopic (exact) mass is 412 g/mol. The summed E-state index contributed by atoms with van der Waals surface area (Å²) in [7, 11) is 0. The van der Waals surface area contributed by atoms with Crippen LogP contribution in [-0.2, 0) is 6.61 Å². The highest BCUT2D eigenvalue weighted by atomic mass is 16.5. The van der Waals surface area contributed by atoms with E-state index in [-0.39, 0.29) is 11.3 Å². The third-order valence-electron chi connectivity index (χ3n) is 4.98. The highest BCUT2D eigenvalue weighted by Crippen LogP contribution is 2.28. The summed E-state index contributed by atoms with van der Waals surface area (Å²) < 4.78 is 5.90. The Morgan fingerprint density at radius 3 is 2.48 bits per heavy atom. The van der Waals surface area contributed by atoms with Gasteiger partial charge in [-0.3, -0.25) is 9.78 Å². The lowest BCUT2D eigenvalue weighted by Crippen LogP contribution is -1.98. The van der Waals surface area contributed by atoms with Crippen molar-refractivity contribution in [2.24, 2.45) is 0 Å². The van der Waals surface area contributed by atoms with Crippen LogP contribution in [0.5, 0.6) is 5.75 Å². The zero-order valence-corrected chi connectivity index (χ0v) is 16.8. The van der Waals surface area contributed by atoms with Crippen LogP contribution >= 0.6 is 0 Å². The van der Waals surface area contributed by atoms with E-state index in [2.05, 4.69) is 9.97 Å². The first-order valence-corrected chi connectivity index (χ1v) is 9.71. The lowest BCUT2D eigenvalue weighted by molar-refractivity contribution is 0.0696. The summed E-state index contributed by atoms with van der Waals surface area (Å²) in [6.07, 6.45) is 6.56. The number of fused-ring (bicyclic) bond motifs is 1. The number of carboxylic acid groups (broad SMARTS) is 1. The van der Waals surface area contributed by atoms with E-state index in [1.165, 1.54) is 0 Å². The molecule has 31 heavy (non-hydrogen) atoms. The van der Waals surface area contributed by atoms with Gasteiger partial charge in [0.2, 0.25) is 0 Å². The van der Waals surface area contributed by atoms with Gasteiger partial charge in [-0.2, -0.15) is 0 Å². The van der Waals surface area contributed by atoms with Crippen LogP contribution in [0.4, 0.5) is 0 Å². The number of pyridine rings is 1. The van der Waals surface area contributed by atoms with Crippen molar-refractivity contribution in [2.75, 3.05) is 0 Å². The lowest BCUT2D eigenvalue weighted by Gasteiger charge is -2.07. The van der Waals surface area contributed by atoms with E-state index in [1.807, 2.05) is 31.2 Å². The van der Waals surface area contributed by atoms with Crippen LogP contribution < -0.4 is 4.74 Å². The van der Waals surface area contributed by atoms with E-state index in [1.54, 1.807) is 54.9 Å². The number of carbonyl (C=O) groups excluding carboxylic acids is 1. The van der Waals surface area contributed by atoms with E-state index in [4.69, 9.17) is 9.84 Å². The molecule has 0 bridgehead atoms. The maximum Gasteiger partial charge on any atom is 0.335 e. The first-order valence-electron chi connectivity index (χ1n) is 9.71. The number of ketones is 1. The van der Waals surface area contributed by atoms with Crippen LogP contribution in [-0.4, -0.2) is 26.8 Å². The zero-order chi connectivity index (χ0) is 21.8. The molecule has 0 fully saturated rings. The van der Waals surface area contributed by atoms with E-state index in [0.717, 1.165) is 27.7 Å². The molecule has 4 aromatic rings. The molecule has 6 heteroatoms. The van der Waals surface area contributed by atoms with Gasteiger partial charge in [0, 0.05) is 40.1 Å². The fourth-order valence-corrected chi connectivity index (χ4v) is 3.31. The number of rotatable bonds is 7.